The first-order valence-corrected chi connectivity index (χ1v) is 22.1. The lowest BCUT2D eigenvalue weighted by Gasteiger charge is -2.33. The Labute approximate surface area is 366 Å². The minimum Gasteiger partial charge on any atom is -0.488 e. The molecule has 0 radical (unpaired) electrons. The van der Waals surface area contributed by atoms with Crippen molar-refractivity contribution in [1.82, 2.24) is 40.4 Å². The Bertz CT molecular complexity index is 2520. The molecular formula is C47H58N8O8. The predicted molar refractivity (Wildman–Crippen MR) is 237 cm³/mol. The molecule has 16 heteroatoms. The molecule has 0 saturated carbocycles. The number of nitrogens with zero attached hydrogens (tertiary/aromatic N) is 4. The molecule has 3 aromatic carbocycles. The van der Waals surface area contributed by atoms with Gasteiger partial charge in [0.25, 0.3) is 0 Å². The highest BCUT2D eigenvalue weighted by molar-refractivity contribution is 6.07. The zero-order valence-electron chi connectivity index (χ0n) is 37.1. The highest BCUT2D eigenvalue weighted by atomic mass is 16.5. The molecule has 2 fully saturated rings. The van der Waals surface area contributed by atoms with Crippen LogP contribution in [-0.4, -0.2) is 106 Å². The first-order chi connectivity index (χ1) is 30.5. The fourth-order valence-electron chi connectivity index (χ4n) is 9.80. The van der Waals surface area contributed by atoms with Crippen molar-refractivity contribution in [3.8, 4) is 28.1 Å². The molecule has 7 atom stereocenters. The molecule has 3 aliphatic rings. The first kappa shape index (κ1) is 43.5. The minimum absolute atomic E-state index is 0.0306. The van der Waals surface area contributed by atoms with Crippen LogP contribution in [0.5, 0.6) is 5.75 Å². The third-order valence-corrected chi connectivity index (χ3v) is 13.3. The van der Waals surface area contributed by atoms with E-state index in [-0.39, 0.29) is 42.5 Å². The Kier molecular flexibility index (Phi) is 12.6. The van der Waals surface area contributed by atoms with Gasteiger partial charge in [-0.15, -0.1) is 0 Å². The summed E-state index contributed by atoms with van der Waals surface area (Å²) in [4.78, 5) is 73.0. The smallest absolute Gasteiger partial charge is 0.407 e. The Morgan fingerprint density at radius 2 is 1.67 bits per heavy atom. The number of imidazole rings is 2. The van der Waals surface area contributed by atoms with Crippen LogP contribution in [0, 0.1) is 5.92 Å². The Morgan fingerprint density at radius 3 is 2.41 bits per heavy atom. The molecule has 4 N–H and O–H groups in total. The van der Waals surface area contributed by atoms with Gasteiger partial charge >= 0.3 is 12.2 Å². The summed E-state index contributed by atoms with van der Waals surface area (Å²) in [5, 5.41) is 7.36. The van der Waals surface area contributed by atoms with Crippen molar-refractivity contribution in [3.63, 3.8) is 0 Å². The molecule has 334 valence electrons. The molecule has 0 aliphatic carbocycles. The summed E-state index contributed by atoms with van der Waals surface area (Å²) in [5.74, 6) is 1.36. The van der Waals surface area contributed by atoms with Crippen LogP contribution in [0.4, 0.5) is 9.59 Å². The van der Waals surface area contributed by atoms with Gasteiger partial charge in [0.1, 0.15) is 30.0 Å². The van der Waals surface area contributed by atoms with E-state index >= 15 is 0 Å². The monoisotopic (exact) mass is 862 g/mol. The van der Waals surface area contributed by atoms with Gasteiger partial charge in [0, 0.05) is 36.7 Å². The van der Waals surface area contributed by atoms with Crippen LogP contribution in [0.1, 0.15) is 102 Å². The topological polar surface area (TPSA) is 193 Å². The molecule has 5 aromatic rings. The summed E-state index contributed by atoms with van der Waals surface area (Å²) in [6.07, 6.45) is 5.62. The van der Waals surface area contributed by atoms with E-state index < -0.39 is 30.3 Å². The van der Waals surface area contributed by atoms with Crippen molar-refractivity contribution in [1.29, 1.82) is 0 Å². The molecule has 63 heavy (non-hydrogen) atoms. The number of rotatable bonds is 13. The number of methoxy groups -OCH3 is 3. The average Bonchev–Trinajstić information content (AvgIpc) is 4.13. The fraction of sp³-hybridized carbons (Fsp3) is 0.489. The van der Waals surface area contributed by atoms with Gasteiger partial charge in [0.15, 0.2) is 0 Å². The summed E-state index contributed by atoms with van der Waals surface area (Å²) in [7, 11) is 4.15. The van der Waals surface area contributed by atoms with E-state index in [1.165, 1.54) is 14.2 Å². The zero-order chi connectivity index (χ0) is 44.5. The third-order valence-electron chi connectivity index (χ3n) is 13.3. The van der Waals surface area contributed by atoms with E-state index in [9.17, 15) is 19.2 Å². The van der Waals surface area contributed by atoms with Gasteiger partial charge in [0.05, 0.1) is 61.2 Å². The lowest BCUT2D eigenvalue weighted by Crippen LogP contribution is -2.50. The Morgan fingerprint density at radius 1 is 0.889 bits per heavy atom. The second kappa shape index (κ2) is 18.3. The quantitative estimate of drug-likeness (QED) is 0.0912. The fourth-order valence-corrected chi connectivity index (χ4v) is 9.80. The van der Waals surface area contributed by atoms with E-state index in [0.29, 0.717) is 18.9 Å². The number of hydrogen-bond acceptors (Lipinski definition) is 10. The molecule has 16 nitrogen and oxygen atoms in total. The number of H-pyrrole nitrogens is 2. The lowest BCUT2D eigenvalue weighted by atomic mass is 9.92. The number of likely N-dealkylation sites (tertiary alicyclic amines) is 2. The molecule has 5 heterocycles. The summed E-state index contributed by atoms with van der Waals surface area (Å²) in [6, 6.07) is 13.5. The van der Waals surface area contributed by atoms with E-state index in [0.717, 1.165) is 99.9 Å². The second-order valence-corrected chi connectivity index (χ2v) is 17.0. The number of aromatic amines is 2. The SMILES string of the molecule is CCCC1CCC(c2ncc(-c3ccc4c(c3)COc3cc5c(ccc6[nH]c(C7CCC(C)N7C(=O)C(CNC(=O)OC)C(C)OC)nc65)cc3-4)[nH]2)N1C(=O)C(CC)NC(=O)OC. The number of fused-ring (bicyclic) bond motifs is 6. The van der Waals surface area contributed by atoms with Gasteiger partial charge in [-0.1, -0.05) is 38.5 Å². The van der Waals surface area contributed by atoms with Crippen molar-refractivity contribution >= 4 is 45.8 Å². The molecule has 2 aromatic heterocycles. The molecule has 7 unspecified atom stereocenters. The van der Waals surface area contributed by atoms with Gasteiger partial charge < -0.3 is 49.3 Å². The maximum Gasteiger partial charge on any atom is 0.407 e. The Hall–Kier alpha value is -6.16. The maximum absolute atomic E-state index is 14.2. The van der Waals surface area contributed by atoms with Crippen molar-refractivity contribution in [2.75, 3.05) is 27.9 Å². The van der Waals surface area contributed by atoms with E-state index in [4.69, 9.17) is 28.9 Å². The van der Waals surface area contributed by atoms with Crippen molar-refractivity contribution in [2.45, 2.75) is 116 Å². The number of amides is 4. The number of benzene rings is 3. The number of ether oxygens (including phenoxy) is 4. The van der Waals surface area contributed by atoms with Crippen LogP contribution in [0.15, 0.2) is 48.7 Å². The van der Waals surface area contributed by atoms with Crippen LogP contribution in [0.25, 0.3) is 44.2 Å². The van der Waals surface area contributed by atoms with Crippen LogP contribution in [0.3, 0.4) is 0 Å². The lowest BCUT2D eigenvalue weighted by molar-refractivity contribution is -0.142. The van der Waals surface area contributed by atoms with Crippen molar-refractivity contribution in [2.24, 2.45) is 5.92 Å². The van der Waals surface area contributed by atoms with Crippen LogP contribution < -0.4 is 15.4 Å². The highest BCUT2D eigenvalue weighted by Gasteiger charge is 2.43. The summed E-state index contributed by atoms with van der Waals surface area (Å²) in [6.45, 7) is 8.34. The van der Waals surface area contributed by atoms with Crippen LogP contribution >= 0.6 is 0 Å². The molecule has 3 aliphatic heterocycles. The van der Waals surface area contributed by atoms with E-state index in [1.807, 2.05) is 42.8 Å². The van der Waals surface area contributed by atoms with Crippen molar-refractivity contribution < 1.29 is 38.1 Å². The van der Waals surface area contributed by atoms with Gasteiger partial charge in [0.2, 0.25) is 11.8 Å². The van der Waals surface area contributed by atoms with Crippen LogP contribution in [-0.2, 0) is 30.4 Å². The zero-order valence-corrected chi connectivity index (χ0v) is 37.1. The van der Waals surface area contributed by atoms with Gasteiger partial charge in [-0.2, -0.15) is 0 Å². The summed E-state index contributed by atoms with van der Waals surface area (Å²) >= 11 is 0. The summed E-state index contributed by atoms with van der Waals surface area (Å²) in [5.41, 5.74) is 6.60. The second-order valence-electron chi connectivity index (χ2n) is 17.0. The standard InChI is InChI=1S/C47H58N8O8/c1-8-10-30-14-18-38(55(30)45(57)35(9-2)52-47(59)62-7)42-48-23-37(51-42)28-12-15-31-29(19-28)24-63-40-21-32-27(20-33(31)40)13-16-36-41(32)53-43(50-36)39-17-11-25(3)54(39)44(56)34(26(4)60-5)22-49-46(58)61-6/h12-13,15-16,19-21,23,25-26,30,34-35,38-39H,8-11,14,17-18,22,24H2,1-7H3,(H,48,51)(H,49,58)(H,50,53)(H,52,59). The molecule has 4 amide bonds. The van der Waals surface area contributed by atoms with E-state index in [1.54, 1.807) is 7.11 Å². The van der Waals surface area contributed by atoms with Gasteiger partial charge in [-0.05, 0) is 98.7 Å². The van der Waals surface area contributed by atoms with Crippen LogP contribution in [0.2, 0.25) is 0 Å². The number of alkyl carbamates (subject to hydrolysis) is 2. The maximum atomic E-state index is 14.2. The first-order valence-electron chi connectivity index (χ1n) is 22.1. The molecule has 0 spiro atoms. The number of hydrogen-bond donors (Lipinski definition) is 4. The largest absolute Gasteiger partial charge is 0.488 e. The number of carbonyl (C=O) groups excluding carboxylic acids is 4. The number of nitrogens with one attached hydrogen (secondary N) is 4. The van der Waals surface area contributed by atoms with Gasteiger partial charge in [-0.3, -0.25) is 9.59 Å². The Balaban J connectivity index is 1.04. The average molecular weight is 863 g/mol. The summed E-state index contributed by atoms with van der Waals surface area (Å²) < 4.78 is 21.6. The van der Waals surface area contributed by atoms with E-state index in [2.05, 4.69) is 63.9 Å². The molecule has 0 bridgehead atoms. The molecule has 8 rings (SSSR count). The molecular weight excluding hydrogens is 805 g/mol. The highest BCUT2D eigenvalue weighted by Crippen LogP contribution is 2.44. The minimum atomic E-state index is -0.687. The number of carbonyl (C=O) groups is 4. The van der Waals surface area contributed by atoms with Crippen molar-refractivity contribution in [3.05, 3.63) is 65.9 Å². The predicted octanol–water partition coefficient (Wildman–Crippen LogP) is 7.69. The molecule has 2 saturated heterocycles. The normalized spacial score (nSPS) is 20.7. The van der Waals surface area contributed by atoms with Gasteiger partial charge in [-0.25, -0.2) is 19.6 Å². The number of aromatic nitrogens is 4. The third kappa shape index (κ3) is 8.28.